The van der Waals surface area contributed by atoms with Crippen LogP contribution in [0.5, 0.6) is 0 Å². The summed E-state index contributed by atoms with van der Waals surface area (Å²) >= 11 is 0. The third-order valence-corrected chi connectivity index (χ3v) is 11.1. The van der Waals surface area contributed by atoms with Crippen LogP contribution < -0.4 is 4.90 Å². The second-order valence-corrected chi connectivity index (χ2v) is 14.1. The largest absolute Gasteiger partial charge is 0.314 e. The van der Waals surface area contributed by atoms with Crippen LogP contribution >= 0.6 is 0 Å². The van der Waals surface area contributed by atoms with Crippen molar-refractivity contribution in [2.24, 2.45) is 0 Å². The normalized spacial score (nSPS) is 13.1. The van der Waals surface area contributed by atoms with Gasteiger partial charge in [-0.2, -0.15) is 0 Å². The van der Waals surface area contributed by atoms with E-state index in [0.717, 1.165) is 56.3 Å². The van der Waals surface area contributed by atoms with Gasteiger partial charge < -0.3 is 4.90 Å². The maximum atomic E-state index is 4.03. The molecule has 8 rings (SSSR count). The lowest BCUT2D eigenvalue weighted by atomic mass is 9.85. The third-order valence-electron chi connectivity index (χ3n) is 11.1. The molecule has 0 saturated carbocycles. The highest BCUT2D eigenvalue weighted by Crippen LogP contribution is 2.55. The number of anilines is 2. The minimum Gasteiger partial charge on any atom is -0.314 e. The predicted molar refractivity (Wildman–Crippen MR) is 241 cm³/mol. The van der Waals surface area contributed by atoms with Gasteiger partial charge in [0, 0.05) is 17.1 Å². The highest BCUT2D eigenvalue weighted by atomic mass is 15.1. The minimum atomic E-state index is 0.869. The Morgan fingerprint density at radius 3 is 2.00 bits per heavy atom. The molecule has 5 aromatic carbocycles. The summed E-state index contributed by atoms with van der Waals surface area (Å²) in [6, 6.07) is 34.6. The molecule has 0 amide bonds. The number of fused-ring (bicyclic) bond motifs is 9. The molecule has 1 heteroatoms. The summed E-state index contributed by atoms with van der Waals surface area (Å²) in [5, 5.41) is 0. The van der Waals surface area contributed by atoms with Crippen LogP contribution in [-0.4, -0.2) is 0 Å². The third kappa shape index (κ3) is 7.11. The monoisotopic (exact) mass is 717 g/mol. The standard InChI is InChI=1S/C50H47N.C2H6.C2H2/c1-6-11-16-35-29-37-21-22-38-30-39-32-45(50-44-18-13-12-17-36(44)31-46(50)48(39)49(38)47(37)43(35)10-5)34-23-27-42(28-24-34)51(40(9-4)15-8-3)41-25-19-33(14-7-2)20-26-41;2*1-2/h7-8,11-13,15-28,32H,2-3,6,9-10,14,29-31H2,1,4-5H3;1-2H3;1-2H/b16-11-,40-15+;;. The first-order chi connectivity index (χ1) is 27.1. The fourth-order valence-electron chi connectivity index (χ4n) is 8.89. The van der Waals surface area contributed by atoms with E-state index < -0.39 is 0 Å². The summed E-state index contributed by atoms with van der Waals surface area (Å²) in [5.74, 6) is 0. The molecule has 276 valence electrons. The number of hydrogen-bond donors (Lipinski definition) is 0. The Balaban J connectivity index is 0.00000125. The molecule has 0 aliphatic heterocycles. The molecule has 0 fully saturated rings. The number of nitrogens with zero attached hydrogens (tertiary/aromatic N) is 1. The van der Waals surface area contributed by atoms with Crippen LogP contribution in [0.1, 0.15) is 92.8 Å². The Hall–Kier alpha value is -5.84. The van der Waals surface area contributed by atoms with Crippen molar-refractivity contribution >= 4 is 16.9 Å². The van der Waals surface area contributed by atoms with E-state index in [1.165, 1.54) is 83.6 Å². The molecule has 0 saturated heterocycles. The molecule has 3 aliphatic carbocycles. The minimum absolute atomic E-state index is 0.869. The molecule has 3 aliphatic rings. The van der Waals surface area contributed by atoms with Gasteiger partial charge in [-0.05, 0) is 165 Å². The Morgan fingerprint density at radius 1 is 0.691 bits per heavy atom. The molecule has 0 unspecified atom stereocenters. The lowest BCUT2D eigenvalue weighted by Gasteiger charge is -2.28. The second kappa shape index (κ2) is 17.5. The Bertz CT molecular complexity index is 2320. The summed E-state index contributed by atoms with van der Waals surface area (Å²) < 4.78 is 0. The van der Waals surface area contributed by atoms with Crippen LogP contribution in [0.3, 0.4) is 0 Å². The summed E-state index contributed by atoms with van der Waals surface area (Å²) in [5.41, 5.74) is 25.2. The first-order valence-electron chi connectivity index (χ1n) is 20.1. The molecular weight excluding hydrogens is 663 g/mol. The first-order valence-corrected chi connectivity index (χ1v) is 20.1. The number of hydrogen-bond acceptors (Lipinski definition) is 1. The highest BCUT2D eigenvalue weighted by Gasteiger charge is 2.35. The maximum absolute atomic E-state index is 4.03. The van der Waals surface area contributed by atoms with Crippen LogP contribution in [0.15, 0.2) is 146 Å². The van der Waals surface area contributed by atoms with E-state index in [9.17, 15) is 0 Å². The number of rotatable bonds is 11. The molecule has 0 aromatic heterocycles. The van der Waals surface area contributed by atoms with Gasteiger partial charge in [0.25, 0.3) is 0 Å². The van der Waals surface area contributed by atoms with Gasteiger partial charge in [0.05, 0.1) is 0 Å². The lowest BCUT2D eigenvalue weighted by molar-refractivity contribution is 1.01. The van der Waals surface area contributed by atoms with E-state index in [-0.39, 0.29) is 0 Å². The molecule has 0 radical (unpaired) electrons. The zero-order chi connectivity index (χ0) is 39.1. The molecule has 0 bridgehead atoms. The highest BCUT2D eigenvalue weighted by molar-refractivity contribution is 6.02. The zero-order valence-electron chi connectivity index (χ0n) is 33.5. The average molecular weight is 718 g/mol. The van der Waals surface area contributed by atoms with Crippen molar-refractivity contribution in [2.45, 2.75) is 79.6 Å². The van der Waals surface area contributed by atoms with Gasteiger partial charge in [-0.3, -0.25) is 0 Å². The van der Waals surface area contributed by atoms with Crippen molar-refractivity contribution in [2.75, 3.05) is 4.90 Å². The second-order valence-electron chi connectivity index (χ2n) is 14.1. The molecule has 55 heavy (non-hydrogen) atoms. The summed E-state index contributed by atoms with van der Waals surface area (Å²) in [7, 11) is 0. The van der Waals surface area contributed by atoms with Gasteiger partial charge >= 0.3 is 0 Å². The van der Waals surface area contributed by atoms with Crippen LogP contribution in [0.4, 0.5) is 11.4 Å². The molecular formula is C54H55N. The van der Waals surface area contributed by atoms with Crippen LogP contribution in [-0.2, 0) is 25.7 Å². The fraction of sp³-hybridized carbons (Fsp3) is 0.222. The van der Waals surface area contributed by atoms with Gasteiger partial charge in [0.2, 0.25) is 0 Å². The van der Waals surface area contributed by atoms with Crippen molar-refractivity contribution < 1.29 is 0 Å². The van der Waals surface area contributed by atoms with E-state index in [2.05, 4.69) is 161 Å². The van der Waals surface area contributed by atoms with E-state index in [4.69, 9.17) is 0 Å². The fourth-order valence-corrected chi connectivity index (χ4v) is 8.89. The SMILES string of the molecule is C#C.C=C/C=C(\CC)N(c1ccc(CC=C)cc1)c1ccc(-c2cc3c(c4c2-c2ccccc2C4)-c2c(ccc4c2C(CC)=C(/C=C\CC)C4)C3)cc1.CC. The Labute approximate surface area is 331 Å². The summed E-state index contributed by atoms with van der Waals surface area (Å²) in [6.07, 6.45) is 25.6. The van der Waals surface area contributed by atoms with Gasteiger partial charge in [0.1, 0.15) is 0 Å². The number of terminal acetylenes is 1. The summed E-state index contributed by atoms with van der Waals surface area (Å²) in [6.45, 7) is 18.7. The molecule has 1 nitrogen and oxygen atoms in total. The smallest absolute Gasteiger partial charge is 0.0458 e. The molecule has 5 aromatic rings. The van der Waals surface area contributed by atoms with Crippen molar-refractivity contribution in [3.8, 4) is 46.2 Å². The molecule has 0 atom stereocenters. The molecule has 0 heterocycles. The van der Waals surface area contributed by atoms with Crippen LogP contribution in [0.25, 0.3) is 39.0 Å². The van der Waals surface area contributed by atoms with Crippen LogP contribution in [0, 0.1) is 12.8 Å². The van der Waals surface area contributed by atoms with Gasteiger partial charge in [-0.1, -0.05) is 126 Å². The van der Waals surface area contributed by atoms with Crippen molar-refractivity contribution in [3.63, 3.8) is 0 Å². The van der Waals surface area contributed by atoms with E-state index in [1.54, 1.807) is 5.57 Å². The van der Waals surface area contributed by atoms with E-state index >= 15 is 0 Å². The van der Waals surface area contributed by atoms with Crippen LogP contribution in [0.2, 0.25) is 0 Å². The van der Waals surface area contributed by atoms with Gasteiger partial charge in [-0.15, -0.1) is 19.4 Å². The Morgan fingerprint density at radius 2 is 1.36 bits per heavy atom. The van der Waals surface area contributed by atoms with E-state index in [1.807, 2.05) is 26.0 Å². The average Bonchev–Trinajstić information content (AvgIpc) is 3.92. The van der Waals surface area contributed by atoms with Crippen molar-refractivity contribution in [1.29, 1.82) is 0 Å². The van der Waals surface area contributed by atoms with Gasteiger partial charge in [0.15, 0.2) is 0 Å². The number of benzene rings is 5. The molecule has 0 spiro atoms. The zero-order valence-corrected chi connectivity index (χ0v) is 33.5. The maximum Gasteiger partial charge on any atom is 0.0458 e. The van der Waals surface area contributed by atoms with Crippen molar-refractivity contribution in [3.05, 3.63) is 185 Å². The lowest BCUT2D eigenvalue weighted by Crippen LogP contribution is -2.16. The quantitative estimate of drug-likeness (QED) is 0.0731. The van der Waals surface area contributed by atoms with E-state index in [0.29, 0.717) is 0 Å². The summed E-state index contributed by atoms with van der Waals surface area (Å²) in [4.78, 5) is 2.37. The van der Waals surface area contributed by atoms with Crippen molar-refractivity contribution in [1.82, 2.24) is 0 Å². The van der Waals surface area contributed by atoms with Gasteiger partial charge in [-0.25, -0.2) is 0 Å². The predicted octanol–water partition coefficient (Wildman–Crippen LogP) is 14.8. The Kier molecular flexibility index (Phi) is 12.4. The topological polar surface area (TPSA) is 3.24 Å². The number of allylic oxidation sites excluding steroid dienone is 8. The first kappa shape index (κ1) is 38.9. The molecule has 0 N–H and O–H groups in total.